The predicted octanol–water partition coefficient (Wildman–Crippen LogP) is 3.01. The number of rotatable bonds is 4. The van der Waals surface area contributed by atoms with Gasteiger partial charge in [-0.3, -0.25) is 0 Å². The van der Waals surface area contributed by atoms with Crippen molar-refractivity contribution in [1.29, 1.82) is 0 Å². The molecule has 0 aliphatic heterocycles. The molecular formula is C14H19N. The Balaban J connectivity index is 1.95. The minimum Gasteiger partial charge on any atom is -0.327 e. The standard InChI is InChI=1S/C14H19N/c1-10(2)7-8-14(15)13-9-11-5-3-4-6-12(11)13/h3-6,13-14H,1,7-9,15H2,2H3. The maximum Gasteiger partial charge on any atom is 0.0114 e. The summed E-state index contributed by atoms with van der Waals surface area (Å²) in [4.78, 5) is 0. The van der Waals surface area contributed by atoms with Gasteiger partial charge >= 0.3 is 0 Å². The van der Waals surface area contributed by atoms with Crippen LogP contribution in [0.5, 0.6) is 0 Å². The summed E-state index contributed by atoms with van der Waals surface area (Å²) in [7, 11) is 0. The molecule has 80 valence electrons. The van der Waals surface area contributed by atoms with Crippen LogP contribution in [0.3, 0.4) is 0 Å². The molecule has 15 heavy (non-hydrogen) atoms. The van der Waals surface area contributed by atoms with Gasteiger partial charge in [-0.2, -0.15) is 0 Å². The first-order valence-corrected chi connectivity index (χ1v) is 5.66. The quantitative estimate of drug-likeness (QED) is 0.745. The first-order valence-electron chi connectivity index (χ1n) is 5.66. The Morgan fingerprint density at radius 1 is 1.53 bits per heavy atom. The van der Waals surface area contributed by atoms with Gasteiger partial charge in [0.15, 0.2) is 0 Å². The van der Waals surface area contributed by atoms with Gasteiger partial charge in [0.25, 0.3) is 0 Å². The number of allylic oxidation sites excluding steroid dienone is 1. The predicted molar refractivity (Wildman–Crippen MR) is 64.9 cm³/mol. The van der Waals surface area contributed by atoms with Crippen molar-refractivity contribution >= 4 is 0 Å². The fraction of sp³-hybridized carbons (Fsp3) is 0.429. The van der Waals surface area contributed by atoms with Crippen LogP contribution in [0.15, 0.2) is 36.4 Å². The molecule has 1 heteroatoms. The second kappa shape index (κ2) is 4.19. The van der Waals surface area contributed by atoms with Gasteiger partial charge in [0.05, 0.1) is 0 Å². The van der Waals surface area contributed by atoms with Crippen LogP contribution < -0.4 is 5.73 Å². The Labute approximate surface area is 92.0 Å². The third-order valence-corrected chi connectivity index (χ3v) is 3.32. The SMILES string of the molecule is C=C(C)CCC(N)C1Cc2ccccc21. The lowest BCUT2D eigenvalue weighted by Gasteiger charge is -2.34. The summed E-state index contributed by atoms with van der Waals surface area (Å²) in [5.41, 5.74) is 10.4. The van der Waals surface area contributed by atoms with Crippen molar-refractivity contribution in [2.75, 3.05) is 0 Å². The highest BCUT2D eigenvalue weighted by Crippen LogP contribution is 2.37. The zero-order valence-electron chi connectivity index (χ0n) is 9.37. The zero-order chi connectivity index (χ0) is 10.8. The number of hydrogen-bond donors (Lipinski definition) is 1. The second-order valence-electron chi connectivity index (χ2n) is 4.67. The molecular weight excluding hydrogens is 182 g/mol. The van der Waals surface area contributed by atoms with Crippen LogP contribution in [-0.2, 0) is 6.42 Å². The van der Waals surface area contributed by atoms with Crippen molar-refractivity contribution in [2.45, 2.75) is 38.1 Å². The van der Waals surface area contributed by atoms with Crippen molar-refractivity contribution in [3.63, 3.8) is 0 Å². The average Bonchev–Trinajstić information content (AvgIpc) is 2.17. The minimum absolute atomic E-state index is 0.302. The van der Waals surface area contributed by atoms with Gasteiger partial charge < -0.3 is 5.73 Å². The molecule has 0 saturated carbocycles. The van der Waals surface area contributed by atoms with E-state index in [1.165, 1.54) is 16.7 Å². The smallest absolute Gasteiger partial charge is 0.0114 e. The van der Waals surface area contributed by atoms with Gasteiger partial charge in [-0.1, -0.05) is 29.8 Å². The molecule has 0 fully saturated rings. The van der Waals surface area contributed by atoms with E-state index in [1.807, 2.05) is 0 Å². The van der Waals surface area contributed by atoms with E-state index in [-0.39, 0.29) is 0 Å². The van der Waals surface area contributed by atoms with E-state index in [4.69, 9.17) is 5.73 Å². The fourth-order valence-electron chi connectivity index (χ4n) is 2.29. The maximum absolute atomic E-state index is 6.20. The molecule has 2 rings (SSSR count). The van der Waals surface area contributed by atoms with E-state index >= 15 is 0 Å². The average molecular weight is 201 g/mol. The lowest BCUT2D eigenvalue weighted by atomic mass is 9.72. The molecule has 1 aliphatic rings. The summed E-state index contributed by atoms with van der Waals surface area (Å²) in [5.74, 6) is 0.584. The Kier molecular flexibility index (Phi) is 2.92. The van der Waals surface area contributed by atoms with Gasteiger partial charge in [0.2, 0.25) is 0 Å². The van der Waals surface area contributed by atoms with E-state index < -0.39 is 0 Å². The molecule has 0 amide bonds. The zero-order valence-corrected chi connectivity index (χ0v) is 9.37. The van der Waals surface area contributed by atoms with Crippen LogP contribution in [0.2, 0.25) is 0 Å². The molecule has 1 aromatic carbocycles. The first-order chi connectivity index (χ1) is 7.18. The van der Waals surface area contributed by atoms with Crippen molar-refractivity contribution in [3.8, 4) is 0 Å². The lowest BCUT2D eigenvalue weighted by Crippen LogP contribution is -2.35. The number of benzene rings is 1. The summed E-state index contributed by atoms with van der Waals surface area (Å²) >= 11 is 0. The Bertz CT molecular complexity index is 367. The molecule has 0 radical (unpaired) electrons. The summed E-state index contributed by atoms with van der Waals surface area (Å²) in [6.45, 7) is 5.99. The highest BCUT2D eigenvalue weighted by atomic mass is 14.7. The molecule has 0 heterocycles. The normalized spacial score (nSPS) is 20.3. The van der Waals surface area contributed by atoms with E-state index in [0.29, 0.717) is 12.0 Å². The van der Waals surface area contributed by atoms with Crippen molar-refractivity contribution < 1.29 is 0 Å². The Morgan fingerprint density at radius 3 is 2.93 bits per heavy atom. The van der Waals surface area contributed by atoms with Crippen molar-refractivity contribution in [3.05, 3.63) is 47.5 Å². The van der Waals surface area contributed by atoms with Gasteiger partial charge in [-0.15, -0.1) is 6.58 Å². The molecule has 0 spiro atoms. The molecule has 2 N–H and O–H groups in total. The molecule has 1 aromatic rings. The topological polar surface area (TPSA) is 26.0 Å². The van der Waals surface area contributed by atoms with Crippen LogP contribution in [0.25, 0.3) is 0 Å². The monoisotopic (exact) mass is 201 g/mol. The summed E-state index contributed by atoms with van der Waals surface area (Å²) < 4.78 is 0. The van der Waals surface area contributed by atoms with Gasteiger partial charge in [-0.25, -0.2) is 0 Å². The fourth-order valence-corrected chi connectivity index (χ4v) is 2.29. The maximum atomic E-state index is 6.20. The molecule has 0 saturated heterocycles. The lowest BCUT2D eigenvalue weighted by molar-refractivity contribution is 0.458. The number of fused-ring (bicyclic) bond motifs is 1. The molecule has 2 unspecified atom stereocenters. The van der Waals surface area contributed by atoms with Crippen LogP contribution in [0.4, 0.5) is 0 Å². The Morgan fingerprint density at radius 2 is 2.27 bits per heavy atom. The largest absolute Gasteiger partial charge is 0.327 e. The van der Waals surface area contributed by atoms with Crippen LogP contribution in [-0.4, -0.2) is 6.04 Å². The van der Waals surface area contributed by atoms with E-state index in [0.717, 1.165) is 19.3 Å². The molecule has 2 atom stereocenters. The summed E-state index contributed by atoms with van der Waals surface area (Å²) in [6, 6.07) is 8.93. The molecule has 0 aromatic heterocycles. The Hall–Kier alpha value is -1.08. The van der Waals surface area contributed by atoms with Crippen molar-refractivity contribution in [2.24, 2.45) is 5.73 Å². The van der Waals surface area contributed by atoms with Gasteiger partial charge in [0, 0.05) is 12.0 Å². The summed E-state index contributed by atoms with van der Waals surface area (Å²) in [6.07, 6.45) is 3.28. The third-order valence-electron chi connectivity index (χ3n) is 3.32. The minimum atomic E-state index is 0.302. The van der Waals surface area contributed by atoms with Crippen molar-refractivity contribution in [1.82, 2.24) is 0 Å². The van der Waals surface area contributed by atoms with Gasteiger partial charge in [-0.05, 0) is 37.3 Å². The van der Waals surface area contributed by atoms with E-state index in [1.54, 1.807) is 0 Å². The van der Waals surface area contributed by atoms with Crippen LogP contribution in [0, 0.1) is 0 Å². The molecule has 0 bridgehead atoms. The van der Waals surface area contributed by atoms with Crippen LogP contribution in [0.1, 0.15) is 36.8 Å². The first kappa shape index (κ1) is 10.4. The second-order valence-corrected chi connectivity index (χ2v) is 4.67. The molecule has 1 nitrogen and oxygen atoms in total. The van der Waals surface area contributed by atoms with E-state index in [2.05, 4.69) is 37.8 Å². The molecule has 1 aliphatic carbocycles. The highest BCUT2D eigenvalue weighted by Gasteiger charge is 2.29. The van der Waals surface area contributed by atoms with E-state index in [9.17, 15) is 0 Å². The number of nitrogens with two attached hydrogens (primary N) is 1. The highest BCUT2D eigenvalue weighted by molar-refractivity contribution is 5.41. The third kappa shape index (κ3) is 2.13. The van der Waals surface area contributed by atoms with Gasteiger partial charge in [0.1, 0.15) is 0 Å². The number of hydrogen-bond acceptors (Lipinski definition) is 1. The van der Waals surface area contributed by atoms with Crippen LogP contribution >= 0.6 is 0 Å². The summed E-state index contributed by atoms with van der Waals surface area (Å²) in [5, 5.41) is 0.